The molecule has 0 aliphatic carbocycles. The minimum atomic E-state index is -0.469. The van der Waals surface area contributed by atoms with Gasteiger partial charge in [-0.05, 0) is 27.7 Å². The summed E-state index contributed by atoms with van der Waals surface area (Å²) in [6.07, 6.45) is 3.41. The number of hydrogen-bond donors (Lipinski definition) is 1. The van der Waals surface area contributed by atoms with Crippen LogP contribution in [0.5, 0.6) is 0 Å². The molecule has 0 saturated carbocycles. The first-order valence-electron chi connectivity index (χ1n) is 7.48. The summed E-state index contributed by atoms with van der Waals surface area (Å²) in [5.74, 6) is 0.542. The monoisotopic (exact) mass is 304 g/mol. The standard InChI is InChI=1S/C14H21BN4O3/c1-13(2)14(3,4)22-15(21-13)10-7-17-12(18-8-10)19-6-5-16-11(20)9-19/h7-8H,5-6,9H2,1-4H3,(H,16,20). The molecule has 0 atom stereocenters. The lowest BCUT2D eigenvalue weighted by Gasteiger charge is -2.32. The van der Waals surface area contributed by atoms with E-state index >= 15 is 0 Å². The van der Waals surface area contributed by atoms with Gasteiger partial charge in [-0.1, -0.05) is 0 Å². The number of anilines is 1. The summed E-state index contributed by atoms with van der Waals surface area (Å²) in [5.41, 5.74) is 0.00615. The summed E-state index contributed by atoms with van der Waals surface area (Å²) in [5, 5.41) is 2.78. The van der Waals surface area contributed by atoms with Gasteiger partial charge in [0, 0.05) is 30.9 Å². The molecule has 2 aliphatic rings. The maximum atomic E-state index is 11.4. The molecule has 8 heteroatoms. The Balaban J connectivity index is 1.74. The fourth-order valence-electron chi connectivity index (χ4n) is 2.40. The number of hydrogen-bond acceptors (Lipinski definition) is 6. The fraction of sp³-hybridized carbons (Fsp3) is 0.643. The number of carbonyl (C=O) groups is 1. The second-order valence-electron chi connectivity index (χ2n) is 6.68. The van der Waals surface area contributed by atoms with Crippen molar-refractivity contribution >= 4 is 24.4 Å². The van der Waals surface area contributed by atoms with E-state index < -0.39 is 7.12 Å². The van der Waals surface area contributed by atoms with Gasteiger partial charge in [0.05, 0.1) is 17.7 Å². The molecule has 0 aromatic carbocycles. The molecule has 0 spiro atoms. The van der Waals surface area contributed by atoms with Gasteiger partial charge in [-0.3, -0.25) is 4.79 Å². The average Bonchev–Trinajstić information content (AvgIpc) is 2.68. The molecule has 0 radical (unpaired) electrons. The predicted octanol–water partition coefficient (Wildman–Crippen LogP) is -0.288. The van der Waals surface area contributed by atoms with Gasteiger partial charge in [0.1, 0.15) is 0 Å². The van der Waals surface area contributed by atoms with Crippen molar-refractivity contribution in [2.75, 3.05) is 24.5 Å². The van der Waals surface area contributed by atoms with E-state index in [0.29, 0.717) is 19.0 Å². The van der Waals surface area contributed by atoms with Crippen molar-refractivity contribution in [3.8, 4) is 0 Å². The fourth-order valence-corrected chi connectivity index (χ4v) is 2.40. The normalized spacial score (nSPS) is 23.5. The third-order valence-electron chi connectivity index (χ3n) is 4.50. The van der Waals surface area contributed by atoms with Crippen molar-refractivity contribution < 1.29 is 14.1 Å². The second kappa shape index (κ2) is 5.21. The van der Waals surface area contributed by atoms with Crippen molar-refractivity contribution in [3.05, 3.63) is 12.4 Å². The number of carbonyl (C=O) groups excluding carboxylic acids is 1. The minimum Gasteiger partial charge on any atom is -0.399 e. The molecule has 118 valence electrons. The van der Waals surface area contributed by atoms with E-state index in [4.69, 9.17) is 9.31 Å². The van der Waals surface area contributed by atoms with Gasteiger partial charge in [0.15, 0.2) is 0 Å². The zero-order chi connectivity index (χ0) is 16.0. The van der Waals surface area contributed by atoms with Gasteiger partial charge in [-0.25, -0.2) is 9.97 Å². The van der Waals surface area contributed by atoms with Gasteiger partial charge < -0.3 is 19.5 Å². The zero-order valence-corrected chi connectivity index (χ0v) is 13.4. The van der Waals surface area contributed by atoms with E-state index in [1.807, 2.05) is 32.6 Å². The highest BCUT2D eigenvalue weighted by molar-refractivity contribution is 6.61. The van der Waals surface area contributed by atoms with E-state index in [2.05, 4.69) is 15.3 Å². The van der Waals surface area contributed by atoms with Crippen molar-refractivity contribution in [1.29, 1.82) is 0 Å². The number of nitrogens with one attached hydrogen (secondary N) is 1. The van der Waals surface area contributed by atoms with Crippen molar-refractivity contribution in [1.82, 2.24) is 15.3 Å². The molecule has 0 bridgehead atoms. The molecule has 2 saturated heterocycles. The van der Waals surface area contributed by atoms with E-state index in [-0.39, 0.29) is 23.7 Å². The molecule has 2 fully saturated rings. The van der Waals surface area contributed by atoms with Gasteiger partial charge in [-0.15, -0.1) is 0 Å². The van der Waals surface area contributed by atoms with Gasteiger partial charge in [-0.2, -0.15) is 0 Å². The van der Waals surface area contributed by atoms with Crippen LogP contribution in [0.1, 0.15) is 27.7 Å². The van der Waals surface area contributed by atoms with E-state index in [1.54, 1.807) is 12.4 Å². The van der Waals surface area contributed by atoms with E-state index in [1.165, 1.54) is 0 Å². The predicted molar refractivity (Wildman–Crippen MR) is 83.0 cm³/mol. The summed E-state index contributed by atoms with van der Waals surface area (Å²) in [7, 11) is -0.469. The zero-order valence-electron chi connectivity index (χ0n) is 13.4. The van der Waals surface area contributed by atoms with Crippen molar-refractivity contribution in [3.63, 3.8) is 0 Å². The van der Waals surface area contributed by atoms with Gasteiger partial charge in [0.25, 0.3) is 0 Å². The maximum absolute atomic E-state index is 11.4. The Morgan fingerprint density at radius 3 is 2.32 bits per heavy atom. The Morgan fingerprint density at radius 2 is 1.77 bits per heavy atom. The molecular formula is C14H21BN4O3. The third kappa shape index (κ3) is 2.68. The lowest BCUT2D eigenvalue weighted by Crippen LogP contribution is -2.48. The Labute approximate surface area is 130 Å². The summed E-state index contributed by atoms with van der Waals surface area (Å²) in [6.45, 7) is 9.64. The maximum Gasteiger partial charge on any atom is 0.498 e. The number of aromatic nitrogens is 2. The Kier molecular flexibility index (Phi) is 3.61. The van der Waals surface area contributed by atoms with Gasteiger partial charge >= 0.3 is 7.12 Å². The van der Waals surface area contributed by atoms with Crippen LogP contribution in [0.25, 0.3) is 0 Å². The van der Waals surface area contributed by atoms with Crippen LogP contribution >= 0.6 is 0 Å². The molecule has 1 aromatic heterocycles. The molecule has 3 rings (SSSR count). The van der Waals surface area contributed by atoms with E-state index in [0.717, 1.165) is 5.46 Å². The second-order valence-corrected chi connectivity index (χ2v) is 6.68. The molecule has 1 N–H and O–H groups in total. The van der Waals surface area contributed by atoms with Crippen molar-refractivity contribution in [2.45, 2.75) is 38.9 Å². The molecule has 1 amide bonds. The smallest absolute Gasteiger partial charge is 0.399 e. The van der Waals surface area contributed by atoms with Crippen molar-refractivity contribution in [2.24, 2.45) is 0 Å². The first kappa shape index (κ1) is 15.2. The Hall–Kier alpha value is -1.67. The quantitative estimate of drug-likeness (QED) is 0.757. The molecule has 7 nitrogen and oxygen atoms in total. The van der Waals surface area contributed by atoms with Crippen LogP contribution in [0, 0.1) is 0 Å². The first-order valence-corrected chi connectivity index (χ1v) is 7.48. The van der Waals surface area contributed by atoms with Crippen LogP contribution in [0.2, 0.25) is 0 Å². The highest BCUT2D eigenvalue weighted by atomic mass is 16.7. The Morgan fingerprint density at radius 1 is 1.18 bits per heavy atom. The summed E-state index contributed by atoms with van der Waals surface area (Å²) < 4.78 is 11.9. The first-order chi connectivity index (χ1) is 10.3. The van der Waals surface area contributed by atoms with Gasteiger partial charge in [0.2, 0.25) is 11.9 Å². The van der Waals surface area contributed by atoms with E-state index in [9.17, 15) is 4.79 Å². The van der Waals surface area contributed by atoms with Crippen LogP contribution in [0.4, 0.5) is 5.95 Å². The summed E-state index contributed by atoms with van der Waals surface area (Å²) in [6, 6.07) is 0. The number of rotatable bonds is 2. The molecule has 0 unspecified atom stereocenters. The lowest BCUT2D eigenvalue weighted by molar-refractivity contribution is -0.120. The molecular weight excluding hydrogens is 283 g/mol. The SMILES string of the molecule is CC1(C)OB(c2cnc(N3CCNC(=O)C3)nc2)OC1(C)C. The van der Waals surface area contributed by atoms with Crippen LogP contribution in [-0.2, 0) is 14.1 Å². The summed E-state index contributed by atoms with van der Waals surface area (Å²) >= 11 is 0. The molecule has 2 aliphatic heterocycles. The minimum absolute atomic E-state index is 0.00937. The Bertz CT molecular complexity index is 560. The molecule has 22 heavy (non-hydrogen) atoms. The highest BCUT2D eigenvalue weighted by Gasteiger charge is 2.51. The number of amides is 1. The highest BCUT2D eigenvalue weighted by Crippen LogP contribution is 2.36. The lowest BCUT2D eigenvalue weighted by atomic mass is 9.81. The molecule has 1 aromatic rings. The van der Waals surface area contributed by atoms with Crippen LogP contribution in [0.3, 0.4) is 0 Å². The number of piperazine rings is 1. The third-order valence-corrected chi connectivity index (χ3v) is 4.50. The number of nitrogens with zero attached hydrogens (tertiary/aromatic N) is 3. The average molecular weight is 304 g/mol. The van der Waals surface area contributed by atoms with Crippen LogP contribution in [0.15, 0.2) is 12.4 Å². The largest absolute Gasteiger partial charge is 0.498 e. The molecule has 3 heterocycles. The topological polar surface area (TPSA) is 76.6 Å². The summed E-state index contributed by atoms with van der Waals surface area (Å²) in [4.78, 5) is 22.0. The van der Waals surface area contributed by atoms with Crippen LogP contribution in [-0.4, -0.2) is 53.8 Å². The van der Waals surface area contributed by atoms with Crippen LogP contribution < -0.4 is 15.7 Å².